The predicted molar refractivity (Wildman–Crippen MR) is 124 cm³/mol. The lowest BCUT2D eigenvalue weighted by atomic mass is 10.2. The van der Waals surface area contributed by atoms with Crippen molar-refractivity contribution in [1.29, 1.82) is 0 Å². The highest BCUT2D eigenvalue weighted by Crippen LogP contribution is 2.35. The second-order valence-corrected chi connectivity index (χ2v) is 8.50. The van der Waals surface area contributed by atoms with Crippen LogP contribution in [0, 0.1) is 6.92 Å². The van der Waals surface area contributed by atoms with E-state index in [0.717, 1.165) is 5.56 Å². The summed E-state index contributed by atoms with van der Waals surface area (Å²) in [4.78, 5) is 0. The monoisotopic (exact) mass is 524 g/mol. The molecule has 0 spiro atoms. The lowest BCUT2D eigenvalue weighted by Crippen LogP contribution is -2.29. The summed E-state index contributed by atoms with van der Waals surface area (Å²) < 4.78 is 41.6. The van der Waals surface area contributed by atoms with Crippen LogP contribution in [0.3, 0.4) is 0 Å². The van der Waals surface area contributed by atoms with E-state index >= 15 is 0 Å². The molecule has 13 heteroatoms. The molecule has 0 aliphatic carbocycles. The molecule has 2 heterocycles. The van der Waals surface area contributed by atoms with E-state index in [1.165, 1.54) is 11.6 Å². The zero-order valence-corrected chi connectivity index (χ0v) is 19.8. The van der Waals surface area contributed by atoms with Gasteiger partial charge in [0.1, 0.15) is 0 Å². The summed E-state index contributed by atoms with van der Waals surface area (Å²) in [6, 6.07) is 5.26. The molecule has 2 aromatic heterocycles. The third-order valence-corrected chi connectivity index (χ3v) is 5.76. The standard InChI is InChI=1S/C19H18Cl3F3N6S/c1-11-16(22)17(19(23,24)25)29-31(11)6-2-5-26-18(32)28-14-8-27-30(10-14)9-12-3-4-13(20)7-15(12)21/h3-4,7-8,10H,2,5-6,9H2,1H3,(H2,26,28,32). The summed E-state index contributed by atoms with van der Waals surface area (Å²) >= 11 is 23.1. The first-order chi connectivity index (χ1) is 15.0. The Hall–Kier alpha value is -2.01. The molecular formula is C19H18Cl3F3N6S. The molecule has 3 aromatic rings. The predicted octanol–water partition coefficient (Wildman–Crippen LogP) is 5.79. The zero-order chi connectivity index (χ0) is 23.5. The number of nitrogens with zero attached hydrogens (tertiary/aromatic N) is 4. The lowest BCUT2D eigenvalue weighted by molar-refractivity contribution is -0.141. The van der Waals surface area contributed by atoms with Crippen LogP contribution in [0.15, 0.2) is 30.6 Å². The molecule has 32 heavy (non-hydrogen) atoms. The molecule has 2 N–H and O–H groups in total. The van der Waals surface area contributed by atoms with Crippen molar-refractivity contribution in [2.24, 2.45) is 0 Å². The van der Waals surface area contributed by atoms with Gasteiger partial charge in [0, 0.05) is 29.3 Å². The lowest BCUT2D eigenvalue weighted by Gasteiger charge is -2.09. The third kappa shape index (κ3) is 6.28. The van der Waals surface area contributed by atoms with Gasteiger partial charge in [0.25, 0.3) is 0 Å². The van der Waals surface area contributed by atoms with Crippen LogP contribution in [-0.4, -0.2) is 31.2 Å². The average Bonchev–Trinajstić information content (AvgIpc) is 3.26. The van der Waals surface area contributed by atoms with E-state index in [-0.39, 0.29) is 17.3 Å². The minimum atomic E-state index is -4.58. The van der Waals surface area contributed by atoms with Crippen molar-refractivity contribution in [2.45, 2.75) is 32.6 Å². The van der Waals surface area contributed by atoms with E-state index in [4.69, 9.17) is 47.0 Å². The Morgan fingerprint density at radius 1 is 1.22 bits per heavy atom. The van der Waals surface area contributed by atoms with Gasteiger partial charge in [-0.2, -0.15) is 23.4 Å². The van der Waals surface area contributed by atoms with Crippen LogP contribution >= 0.6 is 47.0 Å². The highest BCUT2D eigenvalue weighted by atomic mass is 35.5. The SMILES string of the molecule is Cc1c(Cl)c(C(F)(F)F)nn1CCCNC(=S)Nc1cnn(Cc2ccc(Cl)cc2Cl)c1. The van der Waals surface area contributed by atoms with E-state index in [1.54, 1.807) is 29.2 Å². The van der Waals surface area contributed by atoms with Gasteiger partial charge >= 0.3 is 6.18 Å². The van der Waals surface area contributed by atoms with E-state index in [0.29, 0.717) is 40.4 Å². The van der Waals surface area contributed by atoms with Gasteiger partial charge in [-0.05, 0) is 43.3 Å². The normalized spacial score (nSPS) is 11.6. The number of aromatic nitrogens is 4. The fourth-order valence-corrected chi connectivity index (χ4v) is 3.80. The number of alkyl halides is 3. The molecule has 0 saturated carbocycles. The smallest absolute Gasteiger partial charge is 0.362 e. The second kappa shape index (κ2) is 10.3. The molecule has 6 nitrogen and oxygen atoms in total. The van der Waals surface area contributed by atoms with Gasteiger partial charge in [-0.25, -0.2) is 0 Å². The molecule has 0 unspecified atom stereocenters. The first-order valence-corrected chi connectivity index (χ1v) is 10.9. The summed E-state index contributed by atoms with van der Waals surface area (Å²) in [5, 5.41) is 14.9. The van der Waals surface area contributed by atoms with Crippen molar-refractivity contribution in [2.75, 3.05) is 11.9 Å². The number of halogens is 6. The quantitative estimate of drug-likeness (QED) is 0.302. The van der Waals surface area contributed by atoms with Crippen LogP contribution in [0.2, 0.25) is 15.1 Å². The number of anilines is 1. The van der Waals surface area contributed by atoms with Gasteiger partial charge in [0.2, 0.25) is 0 Å². The Morgan fingerprint density at radius 2 is 1.97 bits per heavy atom. The summed E-state index contributed by atoms with van der Waals surface area (Å²) in [6.45, 7) is 2.65. The minimum Gasteiger partial charge on any atom is -0.362 e. The maximum atomic E-state index is 12.9. The van der Waals surface area contributed by atoms with Crippen molar-refractivity contribution >= 4 is 57.8 Å². The molecule has 3 rings (SSSR count). The van der Waals surface area contributed by atoms with Crippen LogP contribution < -0.4 is 10.6 Å². The maximum Gasteiger partial charge on any atom is 0.436 e. The Balaban J connectivity index is 1.46. The Kier molecular flexibility index (Phi) is 7.92. The second-order valence-electron chi connectivity index (χ2n) is 6.87. The number of rotatable bonds is 7. The van der Waals surface area contributed by atoms with E-state index in [2.05, 4.69) is 20.8 Å². The molecule has 0 fully saturated rings. The summed E-state index contributed by atoms with van der Waals surface area (Å²) in [5.41, 5.74) is 0.748. The van der Waals surface area contributed by atoms with Crippen molar-refractivity contribution in [3.8, 4) is 0 Å². The first kappa shape index (κ1) is 24.6. The number of hydrogen-bond donors (Lipinski definition) is 2. The van der Waals surface area contributed by atoms with E-state index in [1.807, 2.05) is 6.07 Å². The molecule has 172 valence electrons. The fraction of sp³-hybridized carbons (Fsp3) is 0.316. The van der Waals surface area contributed by atoms with Crippen molar-refractivity contribution in [1.82, 2.24) is 24.9 Å². The van der Waals surface area contributed by atoms with Gasteiger partial charge in [-0.3, -0.25) is 9.36 Å². The van der Waals surface area contributed by atoms with Crippen LogP contribution in [-0.2, 0) is 19.3 Å². The van der Waals surface area contributed by atoms with Gasteiger partial charge < -0.3 is 10.6 Å². The van der Waals surface area contributed by atoms with Crippen molar-refractivity contribution in [3.05, 3.63) is 62.6 Å². The van der Waals surface area contributed by atoms with Gasteiger partial charge in [-0.15, -0.1) is 0 Å². The summed E-state index contributed by atoms with van der Waals surface area (Å²) in [6.07, 6.45) is -0.704. The molecule has 0 radical (unpaired) electrons. The highest BCUT2D eigenvalue weighted by molar-refractivity contribution is 7.80. The molecule has 1 aromatic carbocycles. The molecule has 0 aliphatic rings. The number of thiocarbonyl (C=S) groups is 1. The summed E-state index contributed by atoms with van der Waals surface area (Å²) in [5.74, 6) is 0. The highest BCUT2D eigenvalue weighted by Gasteiger charge is 2.38. The van der Waals surface area contributed by atoms with Crippen LogP contribution in [0.25, 0.3) is 0 Å². The minimum absolute atomic E-state index is 0.261. The van der Waals surface area contributed by atoms with Gasteiger partial charge in [0.15, 0.2) is 10.8 Å². The molecule has 0 atom stereocenters. The van der Waals surface area contributed by atoms with Gasteiger partial charge in [0.05, 0.1) is 29.1 Å². The van der Waals surface area contributed by atoms with E-state index in [9.17, 15) is 13.2 Å². The Labute approximate surface area is 202 Å². The number of hydrogen-bond acceptors (Lipinski definition) is 3. The topological polar surface area (TPSA) is 59.7 Å². The van der Waals surface area contributed by atoms with Gasteiger partial charge in [-0.1, -0.05) is 40.9 Å². The number of nitrogens with one attached hydrogen (secondary N) is 2. The molecule has 0 amide bonds. The van der Waals surface area contributed by atoms with Crippen LogP contribution in [0.5, 0.6) is 0 Å². The average molecular weight is 526 g/mol. The van der Waals surface area contributed by atoms with Crippen LogP contribution in [0.1, 0.15) is 23.4 Å². The molecule has 0 aliphatic heterocycles. The summed E-state index contributed by atoms with van der Waals surface area (Å²) in [7, 11) is 0. The molecular weight excluding hydrogens is 508 g/mol. The molecule has 0 saturated heterocycles. The maximum absolute atomic E-state index is 12.9. The third-order valence-electron chi connectivity index (χ3n) is 4.47. The fourth-order valence-electron chi connectivity index (χ4n) is 2.87. The largest absolute Gasteiger partial charge is 0.436 e. The first-order valence-electron chi connectivity index (χ1n) is 9.36. The van der Waals surface area contributed by atoms with Crippen molar-refractivity contribution in [3.63, 3.8) is 0 Å². The molecule has 0 bridgehead atoms. The zero-order valence-electron chi connectivity index (χ0n) is 16.7. The Bertz CT molecular complexity index is 1110. The number of aryl methyl sites for hydroxylation is 1. The van der Waals surface area contributed by atoms with Crippen molar-refractivity contribution < 1.29 is 13.2 Å². The van der Waals surface area contributed by atoms with Crippen LogP contribution in [0.4, 0.5) is 18.9 Å². The van der Waals surface area contributed by atoms with E-state index < -0.39 is 11.9 Å². The Morgan fingerprint density at radius 3 is 2.62 bits per heavy atom. The number of benzene rings is 1.